The molecule has 0 aliphatic carbocycles. The molecule has 0 saturated carbocycles. The van der Waals surface area contributed by atoms with Crippen molar-refractivity contribution in [1.29, 1.82) is 0 Å². The van der Waals surface area contributed by atoms with Gasteiger partial charge in [-0.2, -0.15) is 0 Å². The van der Waals surface area contributed by atoms with Crippen LogP contribution in [0.3, 0.4) is 0 Å². The summed E-state index contributed by atoms with van der Waals surface area (Å²) in [5.74, 6) is 0. The third-order valence-electron chi connectivity index (χ3n) is 2.71. The Balaban J connectivity index is 2.03. The molecule has 78 valence electrons. The largest absolute Gasteiger partial charge is 0.396 e. The lowest BCUT2D eigenvalue weighted by molar-refractivity contribution is 0.0611. The highest BCUT2D eigenvalue weighted by molar-refractivity contribution is 4.99. The van der Waals surface area contributed by atoms with Crippen molar-refractivity contribution in [2.75, 3.05) is 26.2 Å². The van der Waals surface area contributed by atoms with E-state index < -0.39 is 0 Å². The third kappa shape index (κ3) is 3.25. The first-order valence-electron chi connectivity index (χ1n) is 5.32. The van der Waals surface area contributed by atoms with Gasteiger partial charge in [0.25, 0.3) is 0 Å². The van der Waals surface area contributed by atoms with Crippen LogP contribution in [0.4, 0.5) is 0 Å². The highest BCUT2D eigenvalue weighted by Gasteiger charge is 2.37. The fraction of sp³-hybridized carbons (Fsp3) is 1.00. The molecule has 0 bridgehead atoms. The van der Waals surface area contributed by atoms with Crippen molar-refractivity contribution in [2.45, 2.75) is 38.1 Å². The van der Waals surface area contributed by atoms with Crippen LogP contribution in [-0.2, 0) is 0 Å². The molecule has 1 rings (SSSR count). The highest BCUT2D eigenvalue weighted by Crippen LogP contribution is 2.23. The van der Waals surface area contributed by atoms with Crippen molar-refractivity contribution in [1.82, 2.24) is 4.90 Å². The van der Waals surface area contributed by atoms with E-state index in [0.29, 0.717) is 6.61 Å². The van der Waals surface area contributed by atoms with Crippen LogP contribution in [0, 0.1) is 0 Å². The molecule has 1 aliphatic rings. The van der Waals surface area contributed by atoms with Gasteiger partial charge in [0.1, 0.15) is 0 Å². The lowest BCUT2D eigenvalue weighted by Crippen LogP contribution is -2.67. The van der Waals surface area contributed by atoms with E-state index in [9.17, 15) is 0 Å². The van der Waals surface area contributed by atoms with Crippen LogP contribution in [0.15, 0.2) is 0 Å². The van der Waals surface area contributed by atoms with Gasteiger partial charge in [-0.05, 0) is 25.8 Å². The summed E-state index contributed by atoms with van der Waals surface area (Å²) in [5.41, 5.74) is 6.22. The SMILES string of the molecule is CCCC1(N)CN(CCCCO)C1. The summed E-state index contributed by atoms with van der Waals surface area (Å²) < 4.78 is 0. The summed E-state index contributed by atoms with van der Waals surface area (Å²) in [5, 5.41) is 8.61. The Morgan fingerprint density at radius 3 is 2.62 bits per heavy atom. The molecule has 0 spiro atoms. The van der Waals surface area contributed by atoms with E-state index in [1.54, 1.807) is 0 Å². The number of likely N-dealkylation sites (tertiary alicyclic amines) is 1. The lowest BCUT2D eigenvalue weighted by atomic mass is 9.86. The van der Waals surface area contributed by atoms with E-state index in [1.165, 1.54) is 6.42 Å². The van der Waals surface area contributed by atoms with Crippen LogP contribution in [0.2, 0.25) is 0 Å². The van der Waals surface area contributed by atoms with Gasteiger partial charge in [0, 0.05) is 25.2 Å². The van der Waals surface area contributed by atoms with Crippen molar-refractivity contribution in [2.24, 2.45) is 5.73 Å². The van der Waals surface area contributed by atoms with E-state index in [4.69, 9.17) is 10.8 Å². The quantitative estimate of drug-likeness (QED) is 0.596. The minimum absolute atomic E-state index is 0.105. The molecule has 1 saturated heterocycles. The molecule has 3 heteroatoms. The molecular weight excluding hydrogens is 164 g/mol. The van der Waals surface area contributed by atoms with Gasteiger partial charge in [0.15, 0.2) is 0 Å². The van der Waals surface area contributed by atoms with E-state index in [0.717, 1.165) is 38.9 Å². The third-order valence-corrected chi connectivity index (χ3v) is 2.71. The van der Waals surface area contributed by atoms with Crippen molar-refractivity contribution >= 4 is 0 Å². The van der Waals surface area contributed by atoms with Crippen LogP contribution in [0.1, 0.15) is 32.6 Å². The summed E-state index contributed by atoms with van der Waals surface area (Å²) in [7, 11) is 0. The van der Waals surface area contributed by atoms with Gasteiger partial charge in [0.2, 0.25) is 0 Å². The number of hydrogen-bond donors (Lipinski definition) is 2. The number of hydrogen-bond acceptors (Lipinski definition) is 3. The fourth-order valence-electron chi connectivity index (χ4n) is 2.11. The number of nitrogens with two attached hydrogens (primary N) is 1. The Labute approximate surface area is 80.9 Å². The summed E-state index contributed by atoms with van der Waals surface area (Å²) >= 11 is 0. The highest BCUT2D eigenvalue weighted by atomic mass is 16.2. The van der Waals surface area contributed by atoms with Crippen molar-refractivity contribution in [3.63, 3.8) is 0 Å². The van der Waals surface area contributed by atoms with E-state index in [2.05, 4.69) is 11.8 Å². The summed E-state index contributed by atoms with van der Waals surface area (Å²) in [4.78, 5) is 2.38. The first-order valence-corrected chi connectivity index (χ1v) is 5.32. The van der Waals surface area contributed by atoms with Crippen molar-refractivity contribution in [3.8, 4) is 0 Å². The summed E-state index contributed by atoms with van der Waals surface area (Å²) in [6.45, 7) is 5.70. The zero-order valence-corrected chi connectivity index (χ0v) is 8.63. The smallest absolute Gasteiger partial charge is 0.0431 e. The second-order valence-electron chi connectivity index (χ2n) is 4.25. The molecule has 0 aromatic carbocycles. The van der Waals surface area contributed by atoms with Gasteiger partial charge in [-0.15, -0.1) is 0 Å². The monoisotopic (exact) mass is 186 g/mol. The molecule has 0 atom stereocenters. The molecule has 0 aromatic rings. The Morgan fingerprint density at radius 2 is 2.08 bits per heavy atom. The minimum atomic E-state index is 0.105. The molecule has 0 unspecified atom stereocenters. The Morgan fingerprint density at radius 1 is 1.38 bits per heavy atom. The average molecular weight is 186 g/mol. The van der Waals surface area contributed by atoms with Crippen LogP contribution in [0.5, 0.6) is 0 Å². The van der Waals surface area contributed by atoms with Crippen LogP contribution in [0.25, 0.3) is 0 Å². The topological polar surface area (TPSA) is 49.5 Å². The van der Waals surface area contributed by atoms with Gasteiger partial charge in [-0.25, -0.2) is 0 Å². The number of aliphatic hydroxyl groups excluding tert-OH is 1. The number of nitrogens with zero attached hydrogens (tertiary/aromatic N) is 1. The van der Waals surface area contributed by atoms with Gasteiger partial charge < -0.3 is 10.8 Å². The Kier molecular flexibility index (Phi) is 4.16. The average Bonchev–Trinajstić information content (AvgIpc) is 2.02. The number of unbranched alkanes of at least 4 members (excludes halogenated alkanes) is 1. The maximum atomic E-state index is 8.61. The molecular formula is C10H22N2O. The first kappa shape index (κ1) is 11.0. The van der Waals surface area contributed by atoms with Gasteiger partial charge in [-0.1, -0.05) is 13.3 Å². The molecule has 3 nitrogen and oxygen atoms in total. The maximum Gasteiger partial charge on any atom is 0.0431 e. The number of rotatable bonds is 6. The summed E-state index contributed by atoms with van der Waals surface area (Å²) in [6.07, 6.45) is 4.34. The maximum absolute atomic E-state index is 8.61. The zero-order valence-electron chi connectivity index (χ0n) is 8.63. The molecule has 1 fully saturated rings. The van der Waals surface area contributed by atoms with Gasteiger partial charge in [0.05, 0.1) is 0 Å². The molecule has 0 aromatic heterocycles. The first-order chi connectivity index (χ1) is 6.20. The van der Waals surface area contributed by atoms with Crippen LogP contribution < -0.4 is 5.73 Å². The molecule has 13 heavy (non-hydrogen) atoms. The summed E-state index contributed by atoms with van der Waals surface area (Å²) in [6, 6.07) is 0. The van der Waals surface area contributed by atoms with E-state index in [-0.39, 0.29) is 5.54 Å². The van der Waals surface area contributed by atoms with Crippen molar-refractivity contribution in [3.05, 3.63) is 0 Å². The molecule has 0 radical (unpaired) electrons. The fourth-order valence-corrected chi connectivity index (χ4v) is 2.11. The lowest BCUT2D eigenvalue weighted by Gasteiger charge is -2.48. The normalized spacial score (nSPS) is 21.5. The van der Waals surface area contributed by atoms with Gasteiger partial charge in [-0.3, -0.25) is 4.90 Å². The zero-order chi connectivity index (χ0) is 9.73. The Hall–Kier alpha value is -0.120. The van der Waals surface area contributed by atoms with E-state index >= 15 is 0 Å². The van der Waals surface area contributed by atoms with E-state index in [1.807, 2.05) is 0 Å². The Bertz CT molecular complexity index is 144. The van der Waals surface area contributed by atoms with Crippen LogP contribution in [-0.4, -0.2) is 41.8 Å². The molecule has 3 N–H and O–H groups in total. The molecule has 0 amide bonds. The standard InChI is InChI=1S/C10H22N2O/c1-2-5-10(11)8-12(9-10)6-3-4-7-13/h13H,2-9,11H2,1H3. The van der Waals surface area contributed by atoms with Crippen molar-refractivity contribution < 1.29 is 5.11 Å². The second-order valence-corrected chi connectivity index (χ2v) is 4.25. The minimum Gasteiger partial charge on any atom is -0.396 e. The molecule has 1 aliphatic heterocycles. The predicted octanol–water partition coefficient (Wildman–Crippen LogP) is 0.572. The molecule has 1 heterocycles. The van der Waals surface area contributed by atoms with Gasteiger partial charge >= 0.3 is 0 Å². The predicted molar refractivity (Wildman–Crippen MR) is 54.6 cm³/mol. The second kappa shape index (κ2) is 4.94. The van der Waals surface area contributed by atoms with Crippen LogP contribution >= 0.6 is 0 Å². The number of aliphatic hydroxyl groups is 1.